The molecule has 2 aromatic heterocycles. The zero-order chi connectivity index (χ0) is 14.8. The highest BCUT2D eigenvalue weighted by atomic mass is 16.2. The van der Waals surface area contributed by atoms with Gasteiger partial charge in [-0.2, -0.15) is 5.10 Å². The number of aryl methyl sites for hydroxylation is 3. The monoisotopic (exact) mass is 285 g/mol. The summed E-state index contributed by atoms with van der Waals surface area (Å²) >= 11 is 0. The van der Waals surface area contributed by atoms with E-state index < -0.39 is 0 Å². The highest BCUT2D eigenvalue weighted by Gasteiger charge is 2.21. The number of fused-ring (bicyclic) bond motifs is 1. The number of urea groups is 1. The predicted molar refractivity (Wildman–Crippen MR) is 80.3 cm³/mol. The summed E-state index contributed by atoms with van der Waals surface area (Å²) in [5, 5.41) is 12.8. The molecule has 2 aromatic rings. The molecule has 21 heavy (non-hydrogen) atoms. The third-order valence-corrected chi connectivity index (χ3v) is 3.69. The van der Waals surface area contributed by atoms with E-state index in [1.165, 1.54) is 11.3 Å². The molecule has 0 radical (unpaired) electrons. The van der Waals surface area contributed by atoms with Crippen LogP contribution in [-0.2, 0) is 12.8 Å². The molecule has 2 amide bonds. The number of hydrogen-bond donors (Lipinski definition) is 3. The molecule has 0 saturated carbocycles. The van der Waals surface area contributed by atoms with Crippen LogP contribution in [0.3, 0.4) is 0 Å². The molecule has 2 heterocycles. The van der Waals surface area contributed by atoms with E-state index in [-0.39, 0.29) is 12.1 Å². The van der Waals surface area contributed by atoms with E-state index in [1.54, 1.807) is 0 Å². The minimum Gasteiger partial charge on any atom is -0.335 e. The van der Waals surface area contributed by atoms with Crippen LogP contribution in [0, 0.1) is 13.8 Å². The first-order chi connectivity index (χ1) is 10.1. The summed E-state index contributed by atoms with van der Waals surface area (Å²) in [5.74, 6) is 0.588. The molecule has 0 fully saturated rings. The maximum atomic E-state index is 12.1. The van der Waals surface area contributed by atoms with Gasteiger partial charge in [0.15, 0.2) is 0 Å². The molecular weight excluding hydrogens is 266 g/mol. The van der Waals surface area contributed by atoms with Gasteiger partial charge in [0.2, 0.25) is 0 Å². The van der Waals surface area contributed by atoms with Gasteiger partial charge in [-0.15, -0.1) is 0 Å². The second-order valence-electron chi connectivity index (χ2n) is 5.58. The van der Waals surface area contributed by atoms with E-state index >= 15 is 0 Å². The first-order valence-electron chi connectivity index (χ1n) is 7.14. The van der Waals surface area contributed by atoms with Crippen molar-refractivity contribution in [1.82, 2.24) is 20.5 Å². The Morgan fingerprint density at radius 2 is 2.24 bits per heavy atom. The summed E-state index contributed by atoms with van der Waals surface area (Å²) in [7, 11) is 0. The number of hydrogen-bond acceptors (Lipinski definition) is 3. The van der Waals surface area contributed by atoms with Crippen molar-refractivity contribution in [2.45, 2.75) is 39.2 Å². The van der Waals surface area contributed by atoms with Gasteiger partial charge in [0, 0.05) is 17.4 Å². The summed E-state index contributed by atoms with van der Waals surface area (Å²) in [4.78, 5) is 16.4. The van der Waals surface area contributed by atoms with Crippen LogP contribution >= 0.6 is 0 Å². The topological polar surface area (TPSA) is 82.7 Å². The Morgan fingerprint density at radius 3 is 3.05 bits per heavy atom. The van der Waals surface area contributed by atoms with E-state index in [1.807, 2.05) is 32.2 Å². The first-order valence-corrected chi connectivity index (χ1v) is 7.14. The van der Waals surface area contributed by atoms with Crippen LogP contribution in [-0.4, -0.2) is 27.3 Å². The van der Waals surface area contributed by atoms with Gasteiger partial charge < -0.3 is 5.32 Å². The molecule has 0 spiro atoms. The lowest BCUT2D eigenvalue weighted by Gasteiger charge is -2.22. The fourth-order valence-corrected chi connectivity index (χ4v) is 2.78. The molecule has 6 heteroatoms. The Hall–Kier alpha value is -2.37. The fourth-order valence-electron chi connectivity index (χ4n) is 2.78. The van der Waals surface area contributed by atoms with Gasteiger partial charge in [-0.05, 0) is 56.4 Å². The number of rotatable bonds is 2. The Bertz CT molecular complexity index is 644. The smallest absolute Gasteiger partial charge is 0.320 e. The average Bonchev–Trinajstić information content (AvgIpc) is 2.84. The van der Waals surface area contributed by atoms with Crippen molar-refractivity contribution in [3.8, 4) is 0 Å². The quantitative estimate of drug-likeness (QED) is 0.790. The number of nitrogens with one attached hydrogen (secondary N) is 3. The predicted octanol–water partition coefficient (Wildman–Crippen LogP) is 2.10. The van der Waals surface area contributed by atoms with Crippen molar-refractivity contribution in [3.63, 3.8) is 0 Å². The minimum absolute atomic E-state index is 0.140. The molecule has 3 rings (SSSR count). The first kappa shape index (κ1) is 13.6. The van der Waals surface area contributed by atoms with Crippen molar-refractivity contribution < 1.29 is 4.79 Å². The molecule has 0 unspecified atom stereocenters. The zero-order valence-corrected chi connectivity index (χ0v) is 12.2. The van der Waals surface area contributed by atoms with Gasteiger partial charge in [-0.1, -0.05) is 0 Å². The standard InChI is InChI=1S/C15H19N5O/c1-9-5-10(2)17-14(6-9)19-15(21)18-12-3-4-13-11(7-12)8-16-20-13/h5-6,8,12H,3-4,7H2,1-2H3,(H,16,20)(H2,17,18,19,21)/t12-/m1/s1. The van der Waals surface area contributed by atoms with Crippen LogP contribution in [0.15, 0.2) is 18.3 Å². The van der Waals surface area contributed by atoms with Gasteiger partial charge >= 0.3 is 6.03 Å². The molecule has 0 aliphatic heterocycles. The van der Waals surface area contributed by atoms with Crippen molar-refractivity contribution in [3.05, 3.63) is 40.8 Å². The molecule has 1 aliphatic rings. The summed E-state index contributed by atoms with van der Waals surface area (Å²) in [5.41, 5.74) is 4.35. The van der Waals surface area contributed by atoms with Crippen LogP contribution < -0.4 is 10.6 Å². The highest BCUT2D eigenvalue weighted by molar-refractivity contribution is 5.88. The lowest BCUT2D eigenvalue weighted by Crippen LogP contribution is -2.41. The molecule has 1 aliphatic carbocycles. The molecule has 110 valence electrons. The third kappa shape index (κ3) is 3.21. The van der Waals surface area contributed by atoms with Crippen molar-refractivity contribution in [2.24, 2.45) is 0 Å². The van der Waals surface area contributed by atoms with E-state index in [9.17, 15) is 4.79 Å². The summed E-state index contributed by atoms with van der Waals surface area (Å²) < 4.78 is 0. The van der Waals surface area contributed by atoms with Crippen LogP contribution in [0.1, 0.15) is 28.9 Å². The van der Waals surface area contributed by atoms with Gasteiger partial charge in [0.05, 0.1) is 6.20 Å². The van der Waals surface area contributed by atoms with Gasteiger partial charge in [-0.25, -0.2) is 9.78 Å². The van der Waals surface area contributed by atoms with Crippen molar-refractivity contribution in [2.75, 3.05) is 5.32 Å². The Labute approximate surface area is 123 Å². The summed E-state index contributed by atoms with van der Waals surface area (Å²) in [6.45, 7) is 3.90. The summed E-state index contributed by atoms with van der Waals surface area (Å²) in [6, 6.07) is 3.78. The number of anilines is 1. The van der Waals surface area contributed by atoms with Gasteiger partial charge in [-0.3, -0.25) is 10.4 Å². The van der Waals surface area contributed by atoms with E-state index in [4.69, 9.17) is 0 Å². The summed E-state index contributed by atoms with van der Waals surface area (Å²) in [6.07, 6.45) is 4.50. The number of amides is 2. The number of nitrogens with zero attached hydrogens (tertiary/aromatic N) is 2. The molecule has 0 bridgehead atoms. The lowest BCUT2D eigenvalue weighted by atomic mass is 9.94. The Kier molecular flexibility index (Phi) is 3.60. The van der Waals surface area contributed by atoms with Gasteiger partial charge in [0.1, 0.15) is 5.82 Å². The Morgan fingerprint density at radius 1 is 1.38 bits per heavy atom. The number of aromatic amines is 1. The van der Waals surface area contributed by atoms with E-state index in [0.29, 0.717) is 5.82 Å². The number of aromatic nitrogens is 3. The second kappa shape index (κ2) is 5.55. The molecule has 0 aromatic carbocycles. The number of carbonyl (C=O) groups is 1. The molecule has 3 N–H and O–H groups in total. The molecule has 6 nitrogen and oxygen atoms in total. The second-order valence-corrected chi connectivity index (χ2v) is 5.58. The SMILES string of the molecule is Cc1cc(C)nc(NC(=O)N[C@@H]2CCc3[nH]ncc3C2)c1. The zero-order valence-electron chi connectivity index (χ0n) is 12.2. The largest absolute Gasteiger partial charge is 0.335 e. The van der Waals surface area contributed by atoms with Crippen molar-refractivity contribution >= 4 is 11.8 Å². The third-order valence-electron chi connectivity index (χ3n) is 3.69. The highest BCUT2D eigenvalue weighted by Crippen LogP contribution is 2.19. The average molecular weight is 285 g/mol. The fraction of sp³-hybridized carbons (Fsp3) is 0.400. The van der Waals surface area contributed by atoms with Crippen molar-refractivity contribution in [1.29, 1.82) is 0 Å². The van der Waals surface area contributed by atoms with Crippen LogP contribution in [0.25, 0.3) is 0 Å². The van der Waals surface area contributed by atoms with Crippen LogP contribution in [0.4, 0.5) is 10.6 Å². The van der Waals surface area contributed by atoms with Crippen LogP contribution in [0.5, 0.6) is 0 Å². The van der Waals surface area contributed by atoms with E-state index in [0.717, 1.165) is 30.5 Å². The number of H-pyrrole nitrogens is 1. The molecule has 1 atom stereocenters. The van der Waals surface area contributed by atoms with Crippen LogP contribution in [0.2, 0.25) is 0 Å². The van der Waals surface area contributed by atoms with E-state index in [2.05, 4.69) is 25.8 Å². The normalized spacial score (nSPS) is 17.1. The molecular formula is C15H19N5O. The maximum absolute atomic E-state index is 12.1. The minimum atomic E-state index is -0.204. The number of carbonyl (C=O) groups excluding carboxylic acids is 1. The Balaban J connectivity index is 1.60. The number of pyridine rings is 1. The maximum Gasteiger partial charge on any atom is 0.320 e. The molecule has 0 saturated heterocycles. The van der Waals surface area contributed by atoms with Gasteiger partial charge in [0.25, 0.3) is 0 Å². The lowest BCUT2D eigenvalue weighted by molar-refractivity contribution is 0.247.